The fourth-order valence-electron chi connectivity index (χ4n) is 2.76. The lowest BCUT2D eigenvalue weighted by atomic mass is 10.2. The Morgan fingerprint density at radius 3 is 2.85 bits per heavy atom. The van der Waals surface area contributed by atoms with Gasteiger partial charge in [0.15, 0.2) is 4.34 Å². The summed E-state index contributed by atoms with van der Waals surface area (Å²) in [5, 5.41) is 9.60. The lowest BCUT2D eigenvalue weighted by molar-refractivity contribution is -0.116. The Bertz CT molecular complexity index is 1040. The predicted molar refractivity (Wildman–Crippen MR) is 103 cm³/mol. The van der Waals surface area contributed by atoms with E-state index in [1.165, 1.54) is 23.1 Å². The molecule has 7 nitrogen and oxygen atoms in total. The molecule has 134 valence electrons. The van der Waals surface area contributed by atoms with Crippen molar-refractivity contribution in [1.82, 2.24) is 19.7 Å². The number of anilines is 1. The summed E-state index contributed by atoms with van der Waals surface area (Å²) in [6.07, 6.45) is 2.04. The number of carbonyl (C=O) groups is 1. The van der Waals surface area contributed by atoms with E-state index in [1.54, 1.807) is 29.5 Å². The largest absolute Gasteiger partial charge is 0.299 e. The van der Waals surface area contributed by atoms with Crippen LogP contribution in [0, 0.1) is 0 Å². The van der Waals surface area contributed by atoms with Crippen molar-refractivity contribution < 1.29 is 4.79 Å². The van der Waals surface area contributed by atoms with Gasteiger partial charge in [0.05, 0.1) is 16.7 Å². The van der Waals surface area contributed by atoms with E-state index in [1.807, 2.05) is 18.2 Å². The molecule has 9 heteroatoms. The first-order chi connectivity index (χ1) is 12.5. The van der Waals surface area contributed by atoms with E-state index in [9.17, 15) is 9.59 Å². The maximum Gasteiger partial charge on any atom is 0.261 e. The minimum absolute atomic E-state index is 0.00112. The molecule has 1 aromatic carbocycles. The van der Waals surface area contributed by atoms with Gasteiger partial charge >= 0.3 is 0 Å². The number of aromatic nitrogens is 4. The Hall–Kier alpha value is -2.26. The second-order valence-electron chi connectivity index (χ2n) is 6.17. The molecule has 1 saturated carbocycles. The average molecular weight is 387 g/mol. The number of hydrogen-bond acceptors (Lipinski definition) is 7. The molecule has 0 saturated heterocycles. The number of fused-ring (bicyclic) bond motifs is 1. The molecular formula is C17H17N5O2S2. The second kappa shape index (κ2) is 6.81. The lowest BCUT2D eigenvalue weighted by Gasteiger charge is -2.15. The van der Waals surface area contributed by atoms with Gasteiger partial charge in [-0.15, -0.1) is 10.2 Å². The minimum atomic E-state index is -0.0550. The number of benzene rings is 1. The highest BCUT2D eigenvalue weighted by molar-refractivity contribution is 8.00. The molecule has 26 heavy (non-hydrogen) atoms. The van der Waals surface area contributed by atoms with Crippen LogP contribution in [0.4, 0.5) is 5.13 Å². The van der Waals surface area contributed by atoms with E-state index < -0.39 is 0 Å². The molecule has 0 aliphatic heterocycles. The van der Waals surface area contributed by atoms with Crippen LogP contribution >= 0.6 is 23.1 Å². The van der Waals surface area contributed by atoms with E-state index in [0.29, 0.717) is 27.6 Å². The van der Waals surface area contributed by atoms with Crippen molar-refractivity contribution in [2.24, 2.45) is 7.05 Å². The van der Waals surface area contributed by atoms with E-state index >= 15 is 0 Å². The zero-order valence-corrected chi connectivity index (χ0v) is 16.0. The molecule has 2 heterocycles. The Labute approximate surface area is 158 Å². The highest BCUT2D eigenvalue weighted by Gasteiger charge is 2.34. The van der Waals surface area contributed by atoms with Crippen LogP contribution in [0.2, 0.25) is 0 Å². The highest BCUT2D eigenvalue weighted by Crippen LogP contribution is 2.36. The molecule has 4 rings (SSSR count). The van der Waals surface area contributed by atoms with Gasteiger partial charge in [-0.3, -0.25) is 19.1 Å². The fourth-order valence-corrected chi connectivity index (χ4v) is 4.70. The Morgan fingerprint density at radius 2 is 2.12 bits per heavy atom. The molecule has 3 aromatic rings. The first kappa shape index (κ1) is 17.2. The van der Waals surface area contributed by atoms with Gasteiger partial charge in [0.25, 0.3) is 5.56 Å². The molecule has 0 atom stereocenters. The maximum atomic E-state index is 12.5. The molecule has 1 fully saturated rings. The van der Waals surface area contributed by atoms with Crippen molar-refractivity contribution in [2.45, 2.75) is 35.9 Å². The van der Waals surface area contributed by atoms with E-state index in [4.69, 9.17) is 0 Å². The number of para-hydroxylation sites is 1. The number of nitrogens with zero attached hydrogens (tertiary/aromatic N) is 5. The van der Waals surface area contributed by atoms with Gasteiger partial charge in [0.1, 0.15) is 5.82 Å². The van der Waals surface area contributed by atoms with Gasteiger partial charge in [-0.05, 0) is 25.0 Å². The minimum Gasteiger partial charge on any atom is -0.299 e. The van der Waals surface area contributed by atoms with Gasteiger partial charge in [0.2, 0.25) is 11.0 Å². The third kappa shape index (κ3) is 3.24. The molecule has 1 amide bonds. The summed E-state index contributed by atoms with van der Waals surface area (Å²) in [7, 11) is 1.73. The standard InChI is InChI=1S/C17H17N5O2S2/c1-10(23)22(11-7-8-11)16-19-20-17(26-16)25-9-14-18-13-6-4-3-5-12(13)15(24)21(14)2/h3-6,11H,7-9H2,1-2H3. The molecule has 1 aliphatic rings. The molecule has 0 spiro atoms. The number of thioether (sulfide) groups is 1. The van der Waals surface area contributed by atoms with Crippen molar-refractivity contribution >= 4 is 45.0 Å². The first-order valence-corrected chi connectivity index (χ1v) is 10.1. The normalized spacial score (nSPS) is 13.9. The SMILES string of the molecule is CC(=O)N(c1nnc(SCc2nc3ccccc3c(=O)n2C)s1)C1CC1. The molecule has 1 aliphatic carbocycles. The zero-order valence-electron chi connectivity index (χ0n) is 14.4. The van der Waals surface area contributed by atoms with Crippen molar-refractivity contribution in [3.63, 3.8) is 0 Å². The predicted octanol–water partition coefficient (Wildman–Crippen LogP) is 2.59. The van der Waals surface area contributed by atoms with Gasteiger partial charge in [0, 0.05) is 20.0 Å². The van der Waals surface area contributed by atoms with Crippen molar-refractivity contribution in [3.05, 3.63) is 40.4 Å². The van der Waals surface area contributed by atoms with Crippen molar-refractivity contribution in [1.29, 1.82) is 0 Å². The number of rotatable bonds is 5. The third-order valence-electron chi connectivity index (χ3n) is 4.25. The summed E-state index contributed by atoms with van der Waals surface area (Å²) >= 11 is 2.87. The summed E-state index contributed by atoms with van der Waals surface area (Å²) in [4.78, 5) is 30.6. The molecule has 0 bridgehead atoms. The van der Waals surface area contributed by atoms with Crippen LogP contribution in [0.1, 0.15) is 25.6 Å². The van der Waals surface area contributed by atoms with Gasteiger partial charge in [-0.1, -0.05) is 35.2 Å². The van der Waals surface area contributed by atoms with Gasteiger partial charge in [-0.2, -0.15) is 0 Å². The average Bonchev–Trinajstić information content (AvgIpc) is 3.34. The van der Waals surface area contributed by atoms with Crippen LogP contribution < -0.4 is 10.5 Å². The number of hydrogen-bond donors (Lipinski definition) is 0. The van der Waals surface area contributed by atoms with Crippen molar-refractivity contribution in [2.75, 3.05) is 4.90 Å². The van der Waals surface area contributed by atoms with E-state index in [0.717, 1.165) is 17.2 Å². The quantitative estimate of drug-likeness (QED) is 0.494. The molecule has 0 N–H and O–H groups in total. The second-order valence-corrected chi connectivity index (χ2v) is 8.35. The highest BCUT2D eigenvalue weighted by atomic mass is 32.2. The first-order valence-electron chi connectivity index (χ1n) is 8.25. The topological polar surface area (TPSA) is 81.0 Å². The number of amides is 1. The number of carbonyl (C=O) groups excluding carboxylic acids is 1. The van der Waals surface area contributed by atoms with Crippen LogP contribution in [-0.4, -0.2) is 31.7 Å². The van der Waals surface area contributed by atoms with Gasteiger partial charge < -0.3 is 0 Å². The van der Waals surface area contributed by atoms with Crippen LogP contribution in [0.3, 0.4) is 0 Å². The summed E-state index contributed by atoms with van der Waals surface area (Å²) in [6.45, 7) is 1.56. The van der Waals surface area contributed by atoms with Crippen LogP contribution in [0.25, 0.3) is 10.9 Å². The summed E-state index contributed by atoms with van der Waals surface area (Å²) in [5.41, 5.74) is 0.640. The van der Waals surface area contributed by atoms with Crippen LogP contribution in [0.15, 0.2) is 33.4 Å². The summed E-state index contributed by atoms with van der Waals surface area (Å²) < 4.78 is 2.33. The monoisotopic (exact) mass is 387 g/mol. The van der Waals surface area contributed by atoms with E-state index in [-0.39, 0.29) is 17.5 Å². The summed E-state index contributed by atoms with van der Waals surface area (Å²) in [5.74, 6) is 1.19. The molecule has 2 aromatic heterocycles. The van der Waals surface area contributed by atoms with Gasteiger partial charge in [-0.25, -0.2) is 4.98 Å². The van der Waals surface area contributed by atoms with Crippen LogP contribution in [0.5, 0.6) is 0 Å². The fraction of sp³-hybridized carbons (Fsp3) is 0.353. The molecular weight excluding hydrogens is 370 g/mol. The molecule has 0 radical (unpaired) electrons. The van der Waals surface area contributed by atoms with Crippen molar-refractivity contribution in [3.8, 4) is 0 Å². The third-order valence-corrected chi connectivity index (χ3v) is 6.31. The summed E-state index contributed by atoms with van der Waals surface area (Å²) in [6, 6.07) is 7.60. The zero-order chi connectivity index (χ0) is 18.3. The Morgan fingerprint density at radius 1 is 1.35 bits per heavy atom. The lowest BCUT2D eigenvalue weighted by Crippen LogP contribution is -2.30. The Balaban J connectivity index is 1.55. The van der Waals surface area contributed by atoms with Crippen LogP contribution in [-0.2, 0) is 17.6 Å². The molecule has 0 unspecified atom stereocenters. The van der Waals surface area contributed by atoms with E-state index in [2.05, 4.69) is 15.2 Å². The maximum absolute atomic E-state index is 12.5. The Kier molecular flexibility index (Phi) is 4.49. The smallest absolute Gasteiger partial charge is 0.261 e.